The van der Waals surface area contributed by atoms with Crippen LogP contribution in [0.3, 0.4) is 0 Å². The molecule has 1 N–H and O–H groups in total. The number of unbranched alkanes of at least 4 members (excludes halogenated alkanes) is 1. The second kappa shape index (κ2) is 12.2. The van der Waals surface area contributed by atoms with Gasteiger partial charge in [-0.1, -0.05) is 55.8 Å². The Morgan fingerprint density at radius 1 is 1.06 bits per heavy atom. The van der Waals surface area contributed by atoms with Crippen LogP contribution in [-0.4, -0.2) is 57.6 Å². The third-order valence-corrected chi connectivity index (χ3v) is 6.35. The van der Waals surface area contributed by atoms with Gasteiger partial charge in [0.25, 0.3) is 0 Å². The van der Waals surface area contributed by atoms with Crippen molar-refractivity contribution in [2.75, 3.05) is 30.8 Å². The summed E-state index contributed by atoms with van der Waals surface area (Å²) in [5.74, 6) is -0.444. The van der Waals surface area contributed by atoms with Crippen molar-refractivity contribution in [2.45, 2.75) is 39.3 Å². The van der Waals surface area contributed by atoms with Crippen LogP contribution in [0.15, 0.2) is 54.6 Å². The largest absolute Gasteiger partial charge is 0.495 e. The number of nitrogens with zero attached hydrogens (tertiary/aromatic N) is 2. The first kappa shape index (κ1) is 26.2. The molecule has 0 spiro atoms. The van der Waals surface area contributed by atoms with E-state index in [1.165, 1.54) is 12.0 Å². The number of sulfonamides is 1. The average Bonchev–Trinajstić information content (AvgIpc) is 2.80. The number of carbonyl (C=O) groups is 2. The highest BCUT2D eigenvalue weighted by Gasteiger charge is 2.30. The van der Waals surface area contributed by atoms with Crippen LogP contribution in [0.25, 0.3) is 0 Å². The van der Waals surface area contributed by atoms with Crippen molar-refractivity contribution < 1.29 is 22.7 Å². The summed E-state index contributed by atoms with van der Waals surface area (Å²) >= 11 is 0. The molecule has 2 aromatic rings. The second-order valence-corrected chi connectivity index (χ2v) is 9.68. The van der Waals surface area contributed by atoms with Gasteiger partial charge in [0.05, 0.1) is 19.1 Å². The first-order valence-corrected chi connectivity index (χ1v) is 12.8. The topological polar surface area (TPSA) is 96.0 Å². The zero-order chi connectivity index (χ0) is 24.4. The third-order valence-electron chi connectivity index (χ3n) is 5.23. The Hall–Kier alpha value is -3.07. The number of para-hydroxylation sites is 2. The van der Waals surface area contributed by atoms with E-state index >= 15 is 0 Å². The van der Waals surface area contributed by atoms with Crippen LogP contribution in [0, 0.1) is 0 Å². The molecule has 8 nitrogen and oxygen atoms in total. The van der Waals surface area contributed by atoms with Gasteiger partial charge >= 0.3 is 0 Å². The van der Waals surface area contributed by atoms with E-state index in [-0.39, 0.29) is 18.1 Å². The number of hydrogen-bond acceptors (Lipinski definition) is 5. The van der Waals surface area contributed by atoms with E-state index in [2.05, 4.69) is 5.32 Å². The highest BCUT2D eigenvalue weighted by atomic mass is 32.2. The summed E-state index contributed by atoms with van der Waals surface area (Å²) in [5, 5.41) is 2.85. The lowest BCUT2D eigenvalue weighted by molar-refractivity contribution is -0.139. The van der Waals surface area contributed by atoms with Crippen LogP contribution < -0.4 is 14.4 Å². The molecule has 2 amide bonds. The predicted octanol–water partition coefficient (Wildman–Crippen LogP) is 2.79. The molecule has 1 atom stereocenters. The fraction of sp³-hybridized carbons (Fsp3) is 0.417. The maximum atomic E-state index is 13.5. The fourth-order valence-electron chi connectivity index (χ4n) is 3.33. The first-order chi connectivity index (χ1) is 15.7. The number of amides is 2. The standard InChI is InChI=1S/C24H33N3O5S/c1-5-6-16-25-24(29)19(2)26(17-20-12-8-7-9-13-20)23(28)18-27(33(4,30)31)21-14-10-11-15-22(21)32-3/h7-15,19H,5-6,16-18H2,1-4H3,(H,25,29)/t19-/m1/s1. The maximum Gasteiger partial charge on any atom is 0.244 e. The zero-order valence-corrected chi connectivity index (χ0v) is 20.5. The molecule has 0 aliphatic carbocycles. The number of carbonyl (C=O) groups excluding carboxylic acids is 2. The predicted molar refractivity (Wildman–Crippen MR) is 130 cm³/mol. The van der Waals surface area contributed by atoms with Gasteiger partial charge in [-0.05, 0) is 31.0 Å². The Morgan fingerprint density at radius 3 is 2.30 bits per heavy atom. The van der Waals surface area contributed by atoms with Gasteiger partial charge in [0, 0.05) is 13.1 Å². The van der Waals surface area contributed by atoms with Gasteiger partial charge in [0.2, 0.25) is 21.8 Å². The Kier molecular flexibility index (Phi) is 9.72. The summed E-state index contributed by atoms with van der Waals surface area (Å²) in [5.41, 5.74) is 1.10. The van der Waals surface area contributed by atoms with E-state index in [0.717, 1.165) is 29.0 Å². The molecular weight excluding hydrogens is 442 g/mol. The summed E-state index contributed by atoms with van der Waals surface area (Å²) in [7, 11) is -2.37. The minimum atomic E-state index is -3.81. The Bertz CT molecular complexity index is 1030. The van der Waals surface area contributed by atoms with Gasteiger partial charge in [0.15, 0.2) is 0 Å². The van der Waals surface area contributed by atoms with Crippen LogP contribution in [0.4, 0.5) is 5.69 Å². The minimum absolute atomic E-state index is 0.172. The zero-order valence-electron chi connectivity index (χ0n) is 19.7. The summed E-state index contributed by atoms with van der Waals surface area (Å²) in [6.07, 6.45) is 2.80. The molecule has 0 radical (unpaired) electrons. The molecule has 0 aromatic heterocycles. The SMILES string of the molecule is CCCCNC(=O)[C@@H](C)N(Cc1ccccc1)C(=O)CN(c1ccccc1OC)S(C)(=O)=O. The number of methoxy groups -OCH3 is 1. The molecule has 180 valence electrons. The van der Waals surface area contributed by atoms with E-state index in [4.69, 9.17) is 4.74 Å². The molecular formula is C24H33N3O5S. The number of benzene rings is 2. The van der Waals surface area contributed by atoms with E-state index in [9.17, 15) is 18.0 Å². The lowest BCUT2D eigenvalue weighted by atomic mass is 10.1. The van der Waals surface area contributed by atoms with E-state index in [1.54, 1.807) is 31.2 Å². The molecule has 0 fully saturated rings. The lowest BCUT2D eigenvalue weighted by Gasteiger charge is -2.31. The molecule has 0 unspecified atom stereocenters. The molecule has 0 heterocycles. The highest BCUT2D eigenvalue weighted by Crippen LogP contribution is 2.29. The van der Waals surface area contributed by atoms with Crippen LogP contribution in [0.2, 0.25) is 0 Å². The number of anilines is 1. The van der Waals surface area contributed by atoms with Crippen molar-refractivity contribution in [3.05, 3.63) is 60.2 Å². The Labute approximate surface area is 196 Å². The third kappa shape index (κ3) is 7.49. The maximum absolute atomic E-state index is 13.5. The van der Waals surface area contributed by atoms with Crippen molar-refractivity contribution >= 4 is 27.5 Å². The molecule has 2 rings (SSSR count). The first-order valence-electron chi connectivity index (χ1n) is 10.9. The molecule has 0 aliphatic rings. The fourth-order valence-corrected chi connectivity index (χ4v) is 4.18. The Balaban J connectivity index is 2.35. The molecule has 2 aromatic carbocycles. The van der Waals surface area contributed by atoms with Crippen molar-refractivity contribution in [2.24, 2.45) is 0 Å². The highest BCUT2D eigenvalue weighted by molar-refractivity contribution is 7.92. The van der Waals surface area contributed by atoms with Gasteiger partial charge in [-0.2, -0.15) is 0 Å². The van der Waals surface area contributed by atoms with Gasteiger partial charge in [-0.25, -0.2) is 8.42 Å². The average molecular weight is 476 g/mol. The van der Waals surface area contributed by atoms with Gasteiger partial charge in [0.1, 0.15) is 18.3 Å². The number of nitrogens with one attached hydrogen (secondary N) is 1. The summed E-state index contributed by atoms with van der Waals surface area (Å²) in [6, 6.07) is 15.1. The van der Waals surface area contributed by atoms with Crippen LogP contribution in [0.1, 0.15) is 32.3 Å². The van der Waals surface area contributed by atoms with E-state index < -0.39 is 28.5 Å². The minimum Gasteiger partial charge on any atom is -0.495 e. The molecule has 0 bridgehead atoms. The monoisotopic (exact) mass is 475 g/mol. The van der Waals surface area contributed by atoms with Crippen LogP contribution >= 0.6 is 0 Å². The molecule has 0 aliphatic heterocycles. The van der Waals surface area contributed by atoms with Crippen molar-refractivity contribution in [1.82, 2.24) is 10.2 Å². The van der Waals surface area contributed by atoms with Crippen molar-refractivity contribution in [3.63, 3.8) is 0 Å². The van der Waals surface area contributed by atoms with Gasteiger partial charge < -0.3 is 15.0 Å². The lowest BCUT2D eigenvalue weighted by Crippen LogP contribution is -2.51. The molecule has 33 heavy (non-hydrogen) atoms. The quantitative estimate of drug-likeness (QED) is 0.476. The number of ether oxygens (including phenoxy) is 1. The number of hydrogen-bond donors (Lipinski definition) is 1. The molecule has 9 heteroatoms. The van der Waals surface area contributed by atoms with Crippen LogP contribution in [-0.2, 0) is 26.2 Å². The number of rotatable bonds is 12. The van der Waals surface area contributed by atoms with E-state index in [1.807, 2.05) is 37.3 Å². The second-order valence-electron chi connectivity index (χ2n) is 7.77. The normalized spacial score (nSPS) is 12.0. The van der Waals surface area contributed by atoms with Crippen LogP contribution in [0.5, 0.6) is 5.75 Å². The summed E-state index contributed by atoms with van der Waals surface area (Å²) in [4.78, 5) is 27.6. The molecule has 0 saturated heterocycles. The summed E-state index contributed by atoms with van der Waals surface area (Å²) in [6.45, 7) is 3.91. The van der Waals surface area contributed by atoms with E-state index in [0.29, 0.717) is 12.3 Å². The summed E-state index contributed by atoms with van der Waals surface area (Å²) < 4.78 is 31.5. The van der Waals surface area contributed by atoms with Gasteiger partial charge in [-0.3, -0.25) is 13.9 Å². The molecule has 0 saturated carbocycles. The van der Waals surface area contributed by atoms with Crippen molar-refractivity contribution in [3.8, 4) is 5.75 Å². The van der Waals surface area contributed by atoms with Gasteiger partial charge in [-0.15, -0.1) is 0 Å². The van der Waals surface area contributed by atoms with Crippen molar-refractivity contribution in [1.29, 1.82) is 0 Å². The Morgan fingerprint density at radius 2 is 1.70 bits per heavy atom. The smallest absolute Gasteiger partial charge is 0.244 e.